The van der Waals surface area contributed by atoms with Gasteiger partial charge in [0.05, 0.1) is 12.7 Å². The first-order valence-electron chi connectivity index (χ1n) is 7.50. The van der Waals surface area contributed by atoms with Crippen LogP contribution in [-0.2, 0) is 0 Å². The largest absolute Gasteiger partial charge is 0.496 e. The number of nitrogens with one attached hydrogen (secondary N) is 1. The number of carbonyl (C=O) groups excluding carboxylic acids is 1. The minimum Gasteiger partial charge on any atom is -0.496 e. The summed E-state index contributed by atoms with van der Waals surface area (Å²) in [6.45, 7) is 0.481. The van der Waals surface area contributed by atoms with Crippen LogP contribution in [0.1, 0.15) is 42.5 Å². The SMILES string of the molecule is COc1cc(Br)ccc1C(=O)NC(CN)C1CCCCC1.Cl. The van der Waals surface area contributed by atoms with Gasteiger partial charge in [-0.1, -0.05) is 35.2 Å². The molecule has 0 heterocycles. The Labute approximate surface area is 146 Å². The summed E-state index contributed by atoms with van der Waals surface area (Å²) in [4.78, 5) is 12.5. The highest BCUT2D eigenvalue weighted by Crippen LogP contribution is 2.27. The fourth-order valence-corrected chi connectivity index (χ4v) is 3.34. The van der Waals surface area contributed by atoms with Gasteiger partial charge in [-0.3, -0.25) is 4.79 Å². The maximum atomic E-state index is 12.5. The van der Waals surface area contributed by atoms with E-state index in [1.165, 1.54) is 19.3 Å². The van der Waals surface area contributed by atoms with E-state index in [4.69, 9.17) is 10.5 Å². The van der Waals surface area contributed by atoms with Gasteiger partial charge in [-0.2, -0.15) is 0 Å². The summed E-state index contributed by atoms with van der Waals surface area (Å²) < 4.78 is 6.17. The molecule has 1 amide bonds. The molecule has 22 heavy (non-hydrogen) atoms. The predicted molar refractivity (Wildman–Crippen MR) is 94.8 cm³/mol. The number of ether oxygens (including phenoxy) is 1. The van der Waals surface area contributed by atoms with Crippen LogP contribution in [0.3, 0.4) is 0 Å². The molecule has 1 aromatic carbocycles. The van der Waals surface area contributed by atoms with E-state index in [9.17, 15) is 4.79 Å². The lowest BCUT2D eigenvalue weighted by molar-refractivity contribution is 0.0912. The molecule has 0 aliphatic heterocycles. The van der Waals surface area contributed by atoms with Gasteiger partial charge in [0.1, 0.15) is 5.75 Å². The van der Waals surface area contributed by atoms with E-state index >= 15 is 0 Å². The fraction of sp³-hybridized carbons (Fsp3) is 0.562. The van der Waals surface area contributed by atoms with E-state index in [2.05, 4.69) is 21.2 Å². The summed E-state index contributed by atoms with van der Waals surface area (Å²) in [5, 5.41) is 3.09. The van der Waals surface area contributed by atoms with Gasteiger partial charge in [-0.05, 0) is 37.0 Å². The van der Waals surface area contributed by atoms with E-state index in [-0.39, 0.29) is 24.4 Å². The second-order valence-corrected chi connectivity index (χ2v) is 6.47. The first-order chi connectivity index (χ1) is 10.2. The van der Waals surface area contributed by atoms with Gasteiger partial charge >= 0.3 is 0 Å². The molecular formula is C16H24BrClN2O2. The van der Waals surface area contributed by atoms with Crippen molar-refractivity contribution in [2.24, 2.45) is 11.7 Å². The Bertz CT molecular complexity index is 493. The molecule has 1 saturated carbocycles. The molecule has 0 spiro atoms. The van der Waals surface area contributed by atoms with Crippen LogP contribution in [0.4, 0.5) is 0 Å². The average molecular weight is 392 g/mol. The third kappa shape index (κ3) is 4.86. The Balaban J connectivity index is 0.00000242. The minimum atomic E-state index is -0.111. The molecule has 1 atom stereocenters. The molecular weight excluding hydrogens is 368 g/mol. The van der Waals surface area contributed by atoms with Gasteiger partial charge < -0.3 is 15.8 Å². The molecule has 0 aromatic heterocycles. The van der Waals surface area contributed by atoms with Crippen molar-refractivity contribution in [2.75, 3.05) is 13.7 Å². The van der Waals surface area contributed by atoms with Crippen LogP contribution >= 0.6 is 28.3 Å². The van der Waals surface area contributed by atoms with Crippen molar-refractivity contribution in [3.05, 3.63) is 28.2 Å². The Morgan fingerprint density at radius 2 is 2.09 bits per heavy atom. The van der Waals surface area contributed by atoms with Crippen LogP contribution in [-0.4, -0.2) is 25.6 Å². The van der Waals surface area contributed by atoms with E-state index in [1.54, 1.807) is 19.2 Å². The van der Waals surface area contributed by atoms with E-state index < -0.39 is 0 Å². The number of amides is 1. The van der Waals surface area contributed by atoms with Crippen molar-refractivity contribution >= 4 is 34.2 Å². The molecule has 124 valence electrons. The number of rotatable bonds is 5. The zero-order chi connectivity index (χ0) is 15.2. The third-order valence-electron chi connectivity index (χ3n) is 4.20. The quantitative estimate of drug-likeness (QED) is 0.807. The molecule has 2 rings (SSSR count). The predicted octanol–water partition coefficient (Wildman–Crippen LogP) is 3.52. The maximum Gasteiger partial charge on any atom is 0.255 e. The summed E-state index contributed by atoms with van der Waals surface area (Å²) in [6, 6.07) is 5.46. The molecule has 1 aliphatic rings. The minimum absolute atomic E-state index is 0. The first kappa shape index (κ1) is 19.3. The molecule has 1 aliphatic carbocycles. The normalized spacial score (nSPS) is 16.5. The third-order valence-corrected chi connectivity index (χ3v) is 4.69. The second kappa shape index (κ2) is 9.38. The van der Waals surface area contributed by atoms with Gasteiger partial charge in [0.25, 0.3) is 5.91 Å². The Kier molecular flexibility index (Phi) is 8.21. The molecule has 0 radical (unpaired) electrons. The summed E-state index contributed by atoms with van der Waals surface area (Å²) >= 11 is 3.38. The lowest BCUT2D eigenvalue weighted by atomic mass is 9.84. The van der Waals surface area contributed by atoms with Crippen LogP contribution in [0, 0.1) is 5.92 Å². The lowest BCUT2D eigenvalue weighted by Gasteiger charge is -2.30. The average Bonchev–Trinajstić information content (AvgIpc) is 2.53. The number of hydrogen-bond acceptors (Lipinski definition) is 3. The fourth-order valence-electron chi connectivity index (χ4n) is 3.00. The standard InChI is InChI=1S/C16H23BrN2O2.ClH/c1-21-15-9-12(17)7-8-13(15)16(20)19-14(10-18)11-5-3-2-4-6-11;/h7-9,11,14H,2-6,10,18H2,1H3,(H,19,20);1H. The van der Waals surface area contributed by atoms with E-state index in [1.807, 2.05) is 6.07 Å². The van der Waals surface area contributed by atoms with Gasteiger partial charge in [0.2, 0.25) is 0 Å². The summed E-state index contributed by atoms with van der Waals surface area (Å²) in [5.74, 6) is 0.954. The highest BCUT2D eigenvalue weighted by atomic mass is 79.9. The smallest absolute Gasteiger partial charge is 0.255 e. The molecule has 1 fully saturated rings. The topological polar surface area (TPSA) is 64.3 Å². The monoisotopic (exact) mass is 390 g/mol. The van der Waals surface area contributed by atoms with Crippen molar-refractivity contribution in [1.82, 2.24) is 5.32 Å². The lowest BCUT2D eigenvalue weighted by Crippen LogP contribution is -2.46. The number of hydrogen-bond donors (Lipinski definition) is 2. The summed E-state index contributed by atoms with van der Waals surface area (Å²) in [7, 11) is 1.57. The highest BCUT2D eigenvalue weighted by molar-refractivity contribution is 9.10. The summed E-state index contributed by atoms with van der Waals surface area (Å²) in [6.07, 6.45) is 6.07. The molecule has 4 nitrogen and oxygen atoms in total. The zero-order valence-corrected chi connectivity index (χ0v) is 15.2. The Morgan fingerprint density at radius 3 is 2.68 bits per heavy atom. The molecule has 1 unspecified atom stereocenters. The van der Waals surface area contributed by atoms with Crippen LogP contribution in [0.5, 0.6) is 5.75 Å². The molecule has 1 aromatic rings. The maximum absolute atomic E-state index is 12.5. The van der Waals surface area contributed by atoms with Crippen LogP contribution in [0.2, 0.25) is 0 Å². The van der Waals surface area contributed by atoms with Crippen LogP contribution < -0.4 is 15.8 Å². The van der Waals surface area contributed by atoms with Gasteiger partial charge in [0.15, 0.2) is 0 Å². The number of methoxy groups -OCH3 is 1. The van der Waals surface area contributed by atoms with Crippen molar-refractivity contribution in [3.8, 4) is 5.75 Å². The Hall–Kier alpha value is -0.780. The highest BCUT2D eigenvalue weighted by Gasteiger charge is 2.25. The number of benzene rings is 1. The van der Waals surface area contributed by atoms with Gasteiger partial charge in [-0.25, -0.2) is 0 Å². The first-order valence-corrected chi connectivity index (χ1v) is 8.29. The van der Waals surface area contributed by atoms with Crippen LogP contribution in [0.25, 0.3) is 0 Å². The van der Waals surface area contributed by atoms with Crippen molar-refractivity contribution < 1.29 is 9.53 Å². The molecule has 6 heteroatoms. The van der Waals surface area contributed by atoms with Crippen molar-refractivity contribution in [2.45, 2.75) is 38.1 Å². The van der Waals surface area contributed by atoms with E-state index in [0.717, 1.165) is 17.3 Å². The number of carbonyl (C=O) groups is 1. The number of nitrogens with two attached hydrogens (primary N) is 1. The van der Waals surface area contributed by atoms with Crippen molar-refractivity contribution in [1.29, 1.82) is 0 Å². The van der Waals surface area contributed by atoms with E-state index in [0.29, 0.717) is 23.8 Å². The van der Waals surface area contributed by atoms with Crippen molar-refractivity contribution in [3.63, 3.8) is 0 Å². The van der Waals surface area contributed by atoms with Gasteiger partial charge in [-0.15, -0.1) is 12.4 Å². The molecule has 3 N–H and O–H groups in total. The number of halogens is 2. The van der Waals surface area contributed by atoms with Gasteiger partial charge in [0, 0.05) is 17.1 Å². The molecule has 0 saturated heterocycles. The summed E-state index contributed by atoms with van der Waals surface area (Å²) in [5.41, 5.74) is 6.42. The Morgan fingerprint density at radius 1 is 1.41 bits per heavy atom. The zero-order valence-electron chi connectivity index (χ0n) is 12.8. The molecule has 0 bridgehead atoms. The second-order valence-electron chi connectivity index (χ2n) is 5.56. The van der Waals surface area contributed by atoms with Crippen LogP contribution in [0.15, 0.2) is 22.7 Å².